The average molecular weight is 325 g/mol. The molecule has 0 bridgehead atoms. The highest BCUT2D eigenvalue weighted by atomic mass is 16.3. The van der Waals surface area contributed by atoms with Gasteiger partial charge in [-0.3, -0.25) is 9.59 Å². The summed E-state index contributed by atoms with van der Waals surface area (Å²) in [5.41, 5.74) is 4.82. The number of amides is 2. The lowest BCUT2D eigenvalue weighted by molar-refractivity contribution is -0.115. The lowest BCUT2D eigenvalue weighted by Gasteiger charge is -2.06. The van der Waals surface area contributed by atoms with E-state index in [1.54, 1.807) is 62.4 Å². The summed E-state index contributed by atoms with van der Waals surface area (Å²) in [7, 11) is 0. The van der Waals surface area contributed by atoms with Gasteiger partial charge in [-0.25, -0.2) is 5.43 Å². The fraction of sp³-hybridized carbons (Fsp3) is 0.167. The summed E-state index contributed by atoms with van der Waals surface area (Å²) in [5.74, 6) is -0.306. The van der Waals surface area contributed by atoms with Gasteiger partial charge in [0.05, 0.1) is 5.71 Å². The highest BCUT2D eigenvalue weighted by molar-refractivity contribution is 6.01. The zero-order chi connectivity index (χ0) is 17.5. The maximum atomic E-state index is 12.1. The lowest BCUT2D eigenvalue weighted by atomic mass is 10.1. The van der Waals surface area contributed by atoms with Gasteiger partial charge in [-0.05, 0) is 43.3 Å². The Morgan fingerprint density at radius 3 is 2.42 bits per heavy atom. The van der Waals surface area contributed by atoms with Crippen LogP contribution >= 0.6 is 0 Å². The van der Waals surface area contributed by atoms with E-state index in [1.807, 2.05) is 0 Å². The number of aromatic hydroxyl groups is 1. The second kappa shape index (κ2) is 7.92. The molecule has 0 fully saturated rings. The first-order valence-electron chi connectivity index (χ1n) is 7.53. The van der Waals surface area contributed by atoms with Crippen molar-refractivity contribution in [3.63, 3.8) is 0 Å². The minimum absolute atomic E-state index is 0.0847. The zero-order valence-electron chi connectivity index (χ0n) is 13.5. The summed E-state index contributed by atoms with van der Waals surface area (Å²) in [6.45, 7) is 3.50. The van der Waals surface area contributed by atoms with Gasteiger partial charge in [0, 0.05) is 23.2 Å². The van der Waals surface area contributed by atoms with Crippen molar-refractivity contribution in [3.05, 3.63) is 59.7 Å². The molecule has 2 aromatic carbocycles. The molecule has 6 nitrogen and oxygen atoms in total. The Balaban J connectivity index is 2.01. The summed E-state index contributed by atoms with van der Waals surface area (Å²) >= 11 is 0. The quantitative estimate of drug-likeness (QED) is 0.583. The third-order valence-electron chi connectivity index (χ3n) is 3.34. The molecule has 0 aromatic heterocycles. The van der Waals surface area contributed by atoms with Crippen molar-refractivity contribution in [1.29, 1.82) is 0 Å². The van der Waals surface area contributed by atoms with Crippen molar-refractivity contribution < 1.29 is 14.7 Å². The van der Waals surface area contributed by atoms with E-state index in [-0.39, 0.29) is 17.6 Å². The molecular weight excluding hydrogens is 306 g/mol. The Morgan fingerprint density at radius 1 is 1.08 bits per heavy atom. The molecule has 0 heterocycles. The second-order valence-electron chi connectivity index (χ2n) is 5.17. The first-order chi connectivity index (χ1) is 11.5. The molecule has 3 N–H and O–H groups in total. The number of anilines is 1. The van der Waals surface area contributed by atoms with Gasteiger partial charge in [0.2, 0.25) is 5.91 Å². The number of carbonyl (C=O) groups is 2. The smallest absolute Gasteiger partial charge is 0.271 e. The molecule has 0 atom stereocenters. The van der Waals surface area contributed by atoms with E-state index in [0.717, 1.165) is 0 Å². The number of hydrazone groups is 1. The molecule has 124 valence electrons. The number of phenols is 1. The molecule has 0 aliphatic heterocycles. The molecule has 2 aromatic rings. The number of nitrogens with one attached hydrogen (secondary N) is 2. The summed E-state index contributed by atoms with van der Waals surface area (Å²) in [6.07, 6.45) is 0.394. The third-order valence-corrected chi connectivity index (χ3v) is 3.34. The Hall–Kier alpha value is -3.15. The molecule has 2 rings (SSSR count). The van der Waals surface area contributed by atoms with E-state index in [0.29, 0.717) is 28.9 Å². The maximum absolute atomic E-state index is 12.1. The van der Waals surface area contributed by atoms with E-state index < -0.39 is 0 Å². The van der Waals surface area contributed by atoms with Crippen LogP contribution < -0.4 is 10.7 Å². The SMILES string of the molecule is CCC(=O)Nc1ccc(C(=O)N/N=C(/C)c2cccc(O)c2)cc1. The van der Waals surface area contributed by atoms with Crippen molar-refractivity contribution in [2.75, 3.05) is 5.32 Å². The molecule has 0 aliphatic rings. The number of nitrogens with zero attached hydrogens (tertiary/aromatic N) is 1. The number of hydrogen-bond donors (Lipinski definition) is 3. The van der Waals surface area contributed by atoms with Gasteiger partial charge in [0.15, 0.2) is 0 Å². The van der Waals surface area contributed by atoms with Crippen LogP contribution in [0.15, 0.2) is 53.6 Å². The van der Waals surface area contributed by atoms with E-state index >= 15 is 0 Å². The van der Waals surface area contributed by atoms with Gasteiger partial charge in [-0.15, -0.1) is 0 Å². The number of carbonyl (C=O) groups excluding carboxylic acids is 2. The molecule has 0 saturated heterocycles. The Kier molecular flexibility index (Phi) is 5.68. The fourth-order valence-corrected chi connectivity index (χ4v) is 1.95. The van der Waals surface area contributed by atoms with Gasteiger partial charge >= 0.3 is 0 Å². The fourth-order valence-electron chi connectivity index (χ4n) is 1.95. The molecule has 24 heavy (non-hydrogen) atoms. The minimum Gasteiger partial charge on any atom is -0.508 e. The Labute approximate surface area is 140 Å². The predicted molar refractivity (Wildman–Crippen MR) is 93.1 cm³/mol. The Morgan fingerprint density at radius 2 is 1.79 bits per heavy atom. The lowest BCUT2D eigenvalue weighted by Crippen LogP contribution is -2.19. The average Bonchev–Trinajstić information content (AvgIpc) is 2.59. The molecule has 0 spiro atoms. The normalized spacial score (nSPS) is 11.0. The third kappa shape index (κ3) is 4.67. The number of rotatable bonds is 5. The summed E-state index contributed by atoms with van der Waals surface area (Å²) in [6, 6.07) is 13.2. The minimum atomic E-state index is -0.358. The van der Waals surface area contributed by atoms with Crippen LogP contribution in [0.1, 0.15) is 36.2 Å². The van der Waals surface area contributed by atoms with E-state index in [9.17, 15) is 14.7 Å². The molecule has 0 aliphatic carbocycles. The van der Waals surface area contributed by atoms with Gasteiger partial charge in [-0.2, -0.15) is 5.10 Å². The monoisotopic (exact) mass is 325 g/mol. The summed E-state index contributed by atoms with van der Waals surface area (Å²) < 4.78 is 0. The largest absolute Gasteiger partial charge is 0.508 e. The topological polar surface area (TPSA) is 90.8 Å². The molecule has 0 saturated carbocycles. The maximum Gasteiger partial charge on any atom is 0.271 e. The molecule has 0 unspecified atom stereocenters. The summed E-state index contributed by atoms with van der Waals surface area (Å²) in [5, 5.41) is 16.2. The molecule has 2 amide bonds. The van der Waals surface area contributed by atoms with Gasteiger partial charge in [0.1, 0.15) is 5.75 Å². The zero-order valence-corrected chi connectivity index (χ0v) is 13.5. The molecular formula is C18H19N3O3. The van der Waals surface area contributed by atoms with Crippen LogP contribution in [-0.4, -0.2) is 22.6 Å². The number of hydrogen-bond acceptors (Lipinski definition) is 4. The Bertz CT molecular complexity index is 767. The number of benzene rings is 2. The van der Waals surface area contributed by atoms with Crippen LogP contribution in [-0.2, 0) is 4.79 Å². The van der Waals surface area contributed by atoms with Gasteiger partial charge in [0.25, 0.3) is 5.91 Å². The second-order valence-corrected chi connectivity index (χ2v) is 5.17. The van der Waals surface area contributed by atoms with Gasteiger partial charge in [-0.1, -0.05) is 19.1 Å². The van der Waals surface area contributed by atoms with Crippen molar-refractivity contribution in [1.82, 2.24) is 5.43 Å². The molecule has 0 radical (unpaired) electrons. The van der Waals surface area contributed by atoms with Gasteiger partial charge < -0.3 is 10.4 Å². The molecule has 6 heteroatoms. The number of phenolic OH excluding ortho intramolecular Hbond substituents is 1. The van der Waals surface area contributed by atoms with Crippen molar-refractivity contribution in [2.24, 2.45) is 5.10 Å². The van der Waals surface area contributed by atoms with E-state index in [1.165, 1.54) is 0 Å². The van der Waals surface area contributed by atoms with E-state index in [4.69, 9.17) is 0 Å². The standard InChI is InChI=1S/C18H19N3O3/c1-3-17(23)19-15-9-7-13(8-10-15)18(24)21-20-12(2)14-5-4-6-16(22)11-14/h4-11,22H,3H2,1-2H3,(H,19,23)(H,21,24)/b20-12-. The first kappa shape index (κ1) is 17.2. The highest BCUT2D eigenvalue weighted by Gasteiger charge is 2.06. The van der Waals surface area contributed by atoms with Crippen LogP contribution in [0.25, 0.3) is 0 Å². The predicted octanol–water partition coefficient (Wildman–Crippen LogP) is 2.89. The van der Waals surface area contributed by atoms with Crippen LogP contribution in [0, 0.1) is 0 Å². The van der Waals surface area contributed by atoms with Crippen LogP contribution in [0.4, 0.5) is 5.69 Å². The summed E-state index contributed by atoms with van der Waals surface area (Å²) in [4.78, 5) is 23.4. The van der Waals surface area contributed by atoms with Crippen LogP contribution in [0.3, 0.4) is 0 Å². The van der Waals surface area contributed by atoms with Crippen molar-refractivity contribution in [2.45, 2.75) is 20.3 Å². The van der Waals surface area contributed by atoms with Crippen molar-refractivity contribution in [3.8, 4) is 5.75 Å². The van der Waals surface area contributed by atoms with E-state index in [2.05, 4.69) is 15.8 Å². The first-order valence-corrected chi connectivity index (χ1v) is 7.53. The highest BCUT2D eigenvalue weighted by Crippen LogP contribution is 2.12. The van der Waals surface area contributed by atoms with Crippen molar-refractivity contribution >= 4 is 23.2 Å². The van der Waals surface area contributed by atoms with Crippen LogP contribution in [0.2, 0.25) is 0 Å². The van der Waals surface area contributed by atoms with Crippen LogP contribution in [0.5, 0.6) is 5.75 Å².